The first-order chi connectivity index (χ1) is 13.9. The second-order valence-corrected chi connectivity index (χ2v) is 7.38. The molecule has 0 aliphatic carbocycles. The van der Waals surface area contributed by atoms with Gasteiger partial charge < -0.3 is 19.2 Å². The maximum atomic E-state index is 12.2. The van der Waals surface area contributed by atoms with E-state index in [1.807, 2.05) is 31.4 Å². The summed E-state index contributed by atoms with van der Waals surface area (Å²) >= 11 is 1.47. The summed E-state index contributed by atoms with van der Waals surface area (Å²) in [5, 5.41) is 12.3. The SMILES string of the molecule is CC(C)Oc1ccc(C(=O)NCC(=O)OC(C)c2nnc(-c3cccs3)o2)cc1. The van der Waals surface area contributed by atoms with Crippen LogP contribution in [0.2, 0.25) is 0 Å². The molecule has 3 rings (SSSR count). The fourth-order valence-corrected chi connectivity index (χ4v) is 3.04. The van der Waals surface area contributed by atoms with Crippen molar-refractivity contribution in [1.82, 2.24) is 15.5 Å². The summed E-state index contributed by atoms with van der Waals surface area (Å²) in [6.45, 7) is 5.19. The Balaban J connectivity index is 1.48. The van der Waals surface area contributed by atoms with Gasteiger partial charge in [-0.25, -0.2) is 0 Å². The Morgan fingerprint density at radius 3 is 2.55 bits per heavy atom. The molecule has 0 radical (unpaired) electrons. The normalized spacial score (nSPS) is 11.9. The lowest BCUT2D eigenvalue weighted by molar-refractivity contribution is -0.148. The zero-order valence-electron chi connectivity index (χ0n) is 16.2. The first kappa shape index (κ1) is 20.5. The van der Waals surface area contributed by atoms with Crippen LogP contribution in [0.15, 0.2) is 46.2 Å². The highest BCUT2D eigenvalue weighted by molar-refractivity contribution is 7.13. The fraction of sp³-hybridized carbons (Fsp3) is 0.300. The molecular weight excluding hydrogens is 394 g/mol. The van der Waals surface area contributed by atoms with Crippen LogP contribution in [-0.2, 0) is 9.53 Å². The molecule has 1 N–H and O–H groups in total. The van der Waals surface area contributed by atoms with Crippen molar-refractivity contribution in [2.45, 2.75) is 33.0 Å². The van der Waals surface area contributed by atoms with E-state index in [9.17, 15) is 9.59 Å². The number of rotatable bonds is 8. The average Bonchev–Trinajstić information content (AvgIpc) is 3.37. The van der Waals surface area contributed by atoms with E-state index >= 15 is 0 Å². The number of hydrogen-bond acceptors (Lipinski definition) is 8. The minimum Gasteiger partial charge on any atom is -0.491 e. The summed E-state index contributed by atoms with van der Waals surface area (Å²) in [5.74, 6) is 0.237. The van der Waals surface area contributed by atoms with Gasteiger partial charge in [0.25, 0.3) is 17.7 Å². The third-order valence-electron chi connectivity index (χ3n) is 3.71. The molecular formula is C20H21N3O5S. The molecule has 1 atom stereocenters. The molecule has 1 amide bonds. The zero-order valence-corrected chi connectivity index (χ0v) is 17.1. The topological polar surface area (TPSA) is 104 Å². The van der Waals surface area contributed by atoms with Gasteiger partial charge in [0, 0.05) is 5.56 Å². The highest BCUT2D eigenvalue weighted by atomic mass is 32.1. The monoisotopic (exact) mass is 415 g/mol. The quantitative estimate of drug-likeness (QED) is 0.560. The Bertz CT molecular complexity index is 951. The standard InChI is InChI=1S/C20H21N3O5S/c1-12(2)26-15-8-6-14(7-9-15)18(25)21-11-17(24)27-13(3)19-22-23-20(28-19)16-5-4-10-29-16/h4-10,12-13H,11H2,1-3H3,(H,21,25). The van der Waals surface area contributed by atoms with Crippen LogP contribution in [0, 0.1) is 0 Å². The van der Waals surface area contributed by atoms with Gasteiger partial charge in [0.2, 0.25) is 0 Å². The first-order valence-electron chi connectivity index (χ1n) is 9.04. The molecule has 0 aliphatic rings. The first-order valence-corrected chi connectivity index (χ1v) is 9.92. The number of ether oxygens (including phenoxy) is 2. The molecule has 0 spiro atoms. The van der Waals surface area contributed by atoms with Gasteiger partial charge in [-0.15, -0.1) is 21.5 Å². The number of esters is 1. The molecule has 9 heteroatoms. The Hall–Kier alpha value is -3.20. The molecule has 152 valence electrons. The van der Waals surface area contributed by atoms with Crippen LogP contribution in [0.25, 0.3) is 10.8 Å². The molecule has 0 saturated carbocycles. The van der Waals surface area contributed by atoms with Gasteiger partial charge >= 0.3 is 5.97 Å². The molecule has 0 aliphatic heterocycles. The second kappa shape index (κ2) is 9.33. The lowest BCUT2D eigenvalue weighted by atomic mass is 10.2. The van der Waals surface area contributed by atoms with E-state index in [0.717, 1.165) is 4.88 Å². The Kier molecular flexibility index (Phi) is 6.61. The lowest BCUT2D eigenvalue weighted by Gasteiger charge is -2.11. The van der Waals surface area contributed by atoms with Gasteiger partial charge in [-0.1, -0.05) is 6.07 Å². The van der Waals surface area contributed by atoms with Gasteiger partial charge in [-0.3, -0.25) is 9.59 Å². The maximum Gasteiger partial charge on any atom is 0.326 e. The summed E-state index contributed by atoms with van der Waals surface area (Å²) < 4.78 is 16.3. The number of amides is 1. The molecule has 2 heterocycles. The lowest BCUT2D eigenvalue weighted by Crippen LogP contribution is -2.31. The highest BCUT2D eigenvalue weighted by Crippen LogP contribution is 2.25. The fourth-order valence-electron chi connectivity index (χ4n) is 2.40. The molecule has 2 aromatic heterocycles. The number of nitrogens with zero attached hydrogens (tertiary/aromatic N) is 2. The highest BCUT2D eigenvalue weighted by Gasteiger charge is 2.20. The van der Waals surface area contributed by atoms with Gasteiger partial charge in [0.1, 0.15) is 12.3 Å². The van der Waals surface area contributed by atoms with E-state index in [2.05, 4.69) is 15.5 Å². The maximum absolute atomic E-state index is 12.2. The Labute approximate surface area is 171 Å². The van der Waals surface area contributed by atoms with Crippen LogP contribution in [0.5, 0.6) is 5.75 Å². The van der Waals surface area contributed by atoms with Crippen molar-refractivity contribution in [1.29, 1.82) is 0 Å². The van der Waals surface area contributed by atoms with Crippen molar-refractivity contribution in [3.8, 4) is 16.5 Å². The van der Waals surface area contributed by atoms with Gasteiger partial charge in [-0.05, 0) is 56.5 Å². The summed E-state index contributed by atoms with van der Waals surface area (Å²) in [6, 6.07) is 10.4. The van der Waals surface area contributed by atoms with E-state index in [4.69, 9.17) is 13.9 Å². The predicted octanol–water partition coefficient (Wildman–Crippen LogP) is 3.62. The third kappa shape index (κ3) is 5.64. The number of thiophene rings is 1. The van der Waals surface area contributed by atoms with Crippen LogP contribution in [-0.4, -0.2) is 34.7 Å². The van der Waals surface area contributed by atoms with Crippen molar-refractivity contribution in [2.75, 3.05) is 6.54 Å². The molecule has 1 aromatic carbocycles. The van der Waals surface area contributed by atoms with Crippen molar-refractivity contribution >= 4 is 23.2 Å². The zero-order chi connectivity index (χ0) is 20.8. The van der Waals surface area contributed by atoms with Crippen LogP contribution in [0.1, 0.15) is 43.1 Å². The van der Waals surface area contributed by atoms with E-state index in [-0.39, 0.29) is 24.4 Å². The number of nitrogens with one attached hydrogen (secondary N) is 1. The smallest absolute Gasteiger partial charge is 0.326 e. The van der Waals surface area contributed by atoms with Crippen molar-refractivity contribution in [3.63, 3.8) is 0 Å². The number of hydrogen-bond donors (Lipinski definition) is 1. The number of carbonyl (C=O) groups is 2. The minimum atomic E-state index is -0.729. The van der Waals surface area contributed by atoms with Crippen LogP contribution >= 0.6 is 11.3 Å². The Morgan fingerprint density at radius 2 is 1.90 bits per heavy atom. The van der Waals surface area contributed by atoms with Crippen LogP contribution < -0.4 is 10.1 Å². The minimum absolute atomic E-state index is 0.0478. The van der Waals surface area contributed by atoms with Gasteiger partial charge in [-0.2, -0.15) is 0 Å². The largest absolute Gasteiger partial charge is 0.491 e. The second-order valence-electron chi connectivity index (χ2n) is 6.43. The molecule has 8 nitrogen and oxygen atoms in total. The molecule has 1 unspecified atom stereocenters. The Morgan fingerprint density at radius 1 is 1.14 bits per heavy atom. The average molecular weight is 415 g/mol. The van der Waals surface area contributed by atoms with E-state index in [0.29, 0.717) is 17.2 Å². The number of benzene rings is 1. The number of carbonyl (C=O) groups excluding carboxylic acids is 2. The summed E-state index contributed by atoms with van der Waals surface area (Å²) in [6.07, 6.45) is -0.681. The number of aromatic nitrogens is 2. The summed E-state index contributed by atoms with van der Waals surface area (Å²) in [4.78, 5) is 25.0. The molecule has 0 fully saturated rings. The molecule has 29 heavy (non-hydrogen) atoms. The van der Waals surface area contributed by atoms with Crippen molar-refractivity contribution in [2.24, 2.45) is 0 Å². The summed E-state index contributed by atoms with van der Waals surface area (Å²) in [7, 11) is 0. The molecule has 0 bridgehead atoms. The van der Waals surface area contributed by atoms with Crippen molar-refractivity contribution < 1.29 is 23.5 Å². The van der Waals surface area contributed by atoms with E-state index in [1.165, 1.54) is 11.3 Å². The van der Waals surface area contributed by atoms with E-state index in [1.54, 1.807) is 31.2 Å². The predicted molar refractivity (Wildman–Crippen MR) is 107 cm³/mol. The molecule has 0 saturated heterocycles. The molecule has 3 aromatic rings. The van der Waals surface area contributed by atoms with Crippen LogP contribution in [0.4, 0.5) is 0 Å². The summed E-state index contributed by atoms with van der Waals surface area (Å²) in [5.41, 5.74) is 0.416. The van der Waals surface area contributed by atoms with Crippen molar-refractivity contribution in [3.05, 3.63) is 53.2 Å². The third-order valence-corrected chi connectivity index (χ3v) is 4.57. The van der Waals surface area contributed by atoms with E-state index < -0.39 is 12.1 Å². The van der Waals surface area contributed by atoms with Crippen LogP contribution in [0.3, 0.4) is 0 Å². The van der Waals surface area contributed by atoms with Gasteiger partial charge in [0.15, 0.2) is 6.10 Å². The van der Waals surface area contributed by atoms with Gasteiger partial charge in [0.05, 0.1) is 11.0 Å².